The largest absolute Gasteiger partial charge is 0.468 e. The van der Waals surface area contributed by atoms with E-state index >= 15 is 0 Å². The molecular formula is C21H19N5O4. The molecule has 1 saturated heterocycles. The molecule has 0 N–H and O–H groups in total. The van der Waals surface area contributed by atoms with Gasteiger partial charge in [-0.25, -0.2) is 9.97 Å². The summed E-state index contributed by atoms with van der Waals surface area (Å²) < 4.78 is 9.99. The minimum absolute atomic E-state index is 0.172. The molecule has 0 radical (unpaired) electrons. The molecule has 3 aromatic rings. The minimum Gasteiger partial charge on any atom is -0.468 e. The zero-order chi connectivity index (χ0) is 21.1. The molecule has 30 heavy (non-hydrogen) atoms. The van der Waals surface area contributed by atoms with E-state index in [0.29, 0.717) is 48.8 Å². The van der Waals surface area contributed by atoms with Crippen LogP contribution in [0.5, 0.6) is 0 Å². The Balaban J connectivity index is 1.65. The molecule has 9 nitrogen and oxygen atoms in total. The number of hydrogen-bond donors (Lipinski definition) is 0. The highest BCUT2D eigenvalue weighted by atomic mass is 16.5. The van der Waals surface area contributed by atoms with Crippen molar-refractivity contribution in [2.45, 2.75) is 5.92 Å². The fourth-order valence-corrected chi connectivity index (χ4v) is 3.45. The molecule has 0 spiro atoms. The predicted molar refractivity (Wildman–Crippen MR) is 107 cm³/mol. The molecule has 1 aliphatic heterocycles. The number of hydrogen-bond acceptors (Lipinski definition) is 8. The van der Waals surface area contributed by atoms with Gasteiger partial charge >= 0.3 is 5.97 Å². The Kier molecular flexibility index (Phi) is 5.30. The Morgan fingerprint density at radius 1 is 1.10 bits per heavy atom. The standard InChI is InChI=1S/C21H19N5O4/c1-29-21(28)14(13-22)18-19(24-16-6-3-2-5-15(16)23-18)25-8-10-26(11-9-25)20(27)17-7-4-12-30-17/h2-7,12,14H,8-11H2,1H3/t14-/m0/s1. The molecule has 0 saturated carbocycles. The summed E-state index contributed by atoms with van der Waals surface area (Å²) in [4.78, 5) is 37.6. The molecule has 0 bridgehead atoms. The van der Waals surface area contributed by atoms with Crippen molar-refractivity contribution in [1.29, 1.82) is 5.26 Å². The van der Waals surface area contributed by atoms with E-state index in [2.05, 4.69) is 9.97 Å². The number of methoxy groups -OCH3 is 1. The maximum Gasteiger partial charge on any atom is 0.329 e. The molecule has 3 heterocycles. The fourth-order valence-electron chi connectivity index (χ4n) is 3.45. The van der Waals surface area contributed by atoms with Crippen LogP contribution in [0.2, 0.25) is 0 Å². The van der Waals surface area contributed by atoms with Crippen LogP contribution in [0.1, 0.15) is 22.2 Å². The third-order valence-electron chi connectivity index (χ3n) is 5.02. The van der Waals surface area contributed by atoms with E-state index in [1.54, 1.807) is 23.1 Å². The van der Waals surface area contributed by atoms with Gasteiger partial charge in [-0.2, -0.15) is 5.26 Å². The lowest BCUT2D eigenvalue weighted by Gasteiger charge is -2.35. The predicted octanol–water partition coefficient (Wildman–Crippen LogP) is 1.97. The number of amides is 1. The summed E-state index contributed by atoms with van der Waals surface area (Å²) in [5.41, 5.74) is 1.51. The molecule has 1 atom stereocenters. The molecule has 0 unspecified atom stereocenters. The van der Waals surface area contributed by atoms with Gasteiger partial charge in [0.2, 0.25) is 0 Å². The third-order valence-corrected chi connectivity index (χ3v) is 5.02. The molecule has 1 fully saturated rings. The van der Waals surface area contributed by atoms with Gasteiger partial charge in [0.25, 0.3) is 5.91 Å². The van der Waals surface area contributed by atoms with Crippen molar-refractivity contribution < 1.29 is 18.7 Å². The van der Waals surface area contributed by atoms with E-state index in [0.717, 1.165) is 0 Å². The summed E-state index contributed by atoms with van der Waals surface area (Å²) in [6.45, 7) is 1.85. The summed E-state index contributed by atoms with van der Waals surface area (Å²) in [7, 11) is 1.24. The minimum atomic E-state index is -1.19. The second kappa shape index (κ2) is 8.21. The van der Waals surface area contributed by atoms with Crippen molar-refractivity contribution in [3.63, 3.8) is 0 Å². The van der Waals surface area contributed by atoms with Crippen LogP contribution in [-0.2, 0) is 9.53 Å². The number of piperazine rings is 1. The summed E-state index contributed by atoms with van der Waals surface area (Å²) in [5.74, 6) is -1.30. The van der Waals surface area contributed by atoms with Crippen LogP contribution in [0.4, 0.5) is 5.82 Å². The van der Waals surface area contributed by atoms with Gasteiger partial charge in [-0.3, -0.25) is 9.59 Å². The van der Waals surface area contributed by atoms with Gasteiger partial charge in [-0.1, -0.05) is 12.1 Å². The average Bonchev–Trinajstić information content (AvgIpc) is 3.33. The second-order valence-electron chi connectivity index (χ2n) is 6.76. The lowest BCUT2D eigenvalue weighted by molar-refractivity contribution is -0.141. The first kappa shape index (κ1) is 19.4. The molecule has 2 aromatic heterocycles. The van der Waals surface area contributed by atoms with Crippen LogP contribution < -0.4 is 4.90 Å². The number of furan rings is 1. The number of para-hydroxylation sites is 2. The van der Waals surface area contributed by atoms with Crippen molar-refractivity contribution in [1.82, 2.24) is 14.9 Å². The van der Waals surface area contributed by atoms with Crippen LogP contribution >= 0.6 is 0 Å². The number of rotatable bonds is 4. The van der Waals surface area contributed by atoms with E-state index in [9.17, 15) is 14.9 Å². The van der Waals surface area contributed by atoms with E-state index in [1.165, 1.54) is 13.4 Å². The highest BCUT2D eigenvalue weighted by molar-refractivity contribution is 5.91. The molecule has 4 rings (SSSR count). The van der Waals surface area contributed by atoms with Crippen molar-refractivity contribution in [2.75, 3.05) is 38.2 Å². The number of nitrogens with zero attached hydrogens (tertiary/aromatic N) is 5. The molecular weight excluding hydrogens is 386 g/mol. The van der Waals surface area contributed by atoms with E-state index in [4.69, 9.17) is 9.15 Å². The molecule has 1 aliphatic rings. The van der Waals surface area contributed by atoms with Gasteiger partial charge < -0.3 is 19.0 Å². The number of fused-ring (bicyclic) bond motifs is 1. The molecule has 1 aromatic carbocycles. The van der Waals surface area contributed by atoms with Crippen LogP contribution in [-0.4, -0.2) is 60.0 Å². The van der Waals surface area contributed by atoms with Crippen molar-refractivity contribution in [3.8, 4) is 6.07 Å². The van der Waals surface area contributed by atoms with E-state index < -0.39 is 11.9 Å². The molecule has 9 heteroatoms. The smallest absolute Gasteiger partial charge is 0.329 e. The second-order valence-corrected chi connectivity index (χ2v) is 6.76. The Morgan fingerprint density at radius 3 is 2.40 bits per heavy atom. The zero-order valence-electron chi connectivity index (χ0n) is 16.3. The van der Waals surface area contributed by atoms with E-state index in [-0.39, 0.29) is 11.6 Å². The summed E-state index contributed by atoms with van der Waals surface area (Å²) in [5, 5.41) is 9.60. The SMILES string of the molecule is COC(=O)[C@@H](C#N)c1nc2ccccc2nc1N1CCN(C(=O)c2ccco2)CC1. The van der Waals surface area contributed by atoms with Crippen LogP contribution in [0.15, 0.2) is 47.1 Å². The number of esters is 1. The number of benzene rings is 1. The number of carbonyl (C=O) groups excluding carboxylic acids is 2. The van der Waals surface area contributed by atoms with Gasteiger partial charge in [-0.05, 0) is 24.3 Å². The Labute approximate surface area is 172 Å². The summed E-state index contributed by atoms with van der Waals surface area (Å²) in [6, 6.07) is 12.6. The van der Waals surface area contributed by atoms with Crippen molar-refractivity contribution in [2.24, 2.45) is 0 Å². The fraction of sp³-hybridized carbons (Fsp3) is 0.286. The van der Waals surface area contributed by atoms with Crippen LogP contribution in [0.3, 0.4) is 0 Å². The topological polar surface area (TPSA) is 113 Å². The maximum atomic E-state index is 12.5. The number of ether oxygens (including phenoxy) is 1. The normalized spacial score (nSPS) is 14.9. The van der Waals surface area contributed by atoms with Crippen LogP contribution in [0.25, 0.3) is 11.0 Å². The van der Waals surface area contributed by atoms with Crippen molar-refractivity contribution >= 4 is 28.7 Å². The lowest BCUT2D eigenvalue weighted by atomic mass is 10.1. The third kappa shape index (κ3) is 3.55. The Bertz CT molecular complexity index is 1110. The number of aromatic nitrogens is 2. The summed E-state index contributed by atoms with van der Waals surface area (Å²) >= 11 is 0. The number of carbonyl (C=O) groups is 2. The first-order valence-corrected chi connectivity index (χ1v) is 9.44. The van der Waals surface area contributed by atoms with Gasteiger partial charge in [0, 0.05) is 26.2 Å². The van der Waals surface area contributed by atoms with Gasteiger partial charge in [-0.15, -0.1) is 0 Å². The molecule has 152 valence electrons. The van der Waals surface area contributed by atoms with Gasteiger partial charge in [0.1, 0.15) is 5.69 Å². The first-order valence-electron chi connectivity index (χ1n) is 9.44. The quantitative estimate of drug-likeness (QED) is 0.606. The first-order chi connectivity index (χ1) is 14.6. The van der Waals surface area contributed by atoms with E-state index in [1.807, 2.05) is 29.2 Å². The zero-order valence-corrected chi connectivity index (χ0v) is 16.3. The highest BCUT2D eigenvalue weighted by Crippen LogP contribution is 2.28. The monoisotopic (exact) mass is 405 g/mol. The average molecular weight is 405 g/mol. The molecule has 0 aliphatic carbocycles. The Hall–Kier alpha value is -3.93. The van der Waals surface area contributed by atoms with Crippen LogP contribution in [0, 0.1) is 11.3 Å². The van der Waals surface area contributed by atoms with Gasteiger partial charge in [0.15, 0.2) is 17.5 Å². The lowest BCUT2D eigenvalue weighted by Crippen LogP contribution is -2.49. The summed E-state index contributed by atoms with van der Waals surface area (Å²) in [6.07, 6.45) is 1.47. The Morgan fingerprint density at radius 2 is 1.80 bits per heavy atom. The van der Waals surface area contributed by atoms with Crippen molar-refractivity contribution in [3.05, 3.63) is 54.1 Å². The number of anilines is 1. The maximum absolute atomic E-state index is 12.5. The molecule has 1 amide bonds. The highest BCUT2D eigenvalue weighted by Gasteiger charge is 2.31. The number of nitriles is 1. The van der Waals surface area contributed by atoms with Gasteiger partial charge in [0.05, 0.1) is 30.5 Å².